The number of morpholine rings is 1. The second kappa shape index (κ2) is 6.00. The van der Waals surface area contributed by atoms with E-state index in [2.05, 4.69) is 0 Å². The summed E-state index contributed by atoms with van der Waals surface area (Å²) in [5.74, 6) is -1.35. The van der Waals surface area contributed by atoms with E-state index < -0.39 is 27.0 Å². The Morgan fingerprint density at radius 2 is 1.92 bits per heavy atom. The molecule has 0 saturated carbocycles. The first-order chi connectivity index (χ1) is 11.3. The van der Waals surface area contributed by atoms with Gasteiger partial charge in [0, 0.05) is 31.7 Å². The number of fused-ring (bicyclic) bond motifs is 1. The molecule has 1 aliphatic rings. The molecule has 1 saturated heterocycles. The molecule has 128 valence electrons. The van der Waals surface area contributed by atoms with Gasteiger partial charge in [0.1, 0.15) is 5.56 Å². The number of pyridine rings is 1. The van der Waals surface area contributed by atoms with Crippen molar-refractivity contribution in [3.8, 4) is 0 Å². The summed E-state index contributed by atoms with van der Waals surface area (Å²) < 4.78 is 33.3. The normalized spacial score (nSPS) is 16.4. The van der Waals surface area contributed by atoms with Gasteiger partial charge in [0.15, 0.2) is 0 Å². The van der Waals surface area contributed by atoms with Crippen LogP contribution in [0.5, 0.6) is 0 Å². The van der Waals surface area contributed by atoms with E-state index in [-0.39, 0.29) is 23.4 Å². The number of aromatic nitrogens is 1. The molecule has 0 radical (unpaired) electrons. The molecule has 8 nitrogen and oxygen atoms in total. The topological polar surface area (TPSA) is 106 Å². The number of aromatic carboxylic acids is 1. The van der Waals surface area contributed by atoms with Crippen LogP contribution in [0.15, 0.2) is 34.1 Å². The van der Waals surface area contributed by atoms with Crippen molar-refractivity contribution < 1.29 is 23.1 Å². The fourth-order valence-electron chi connectivity index (χ4n) is 2.72. The SMILES string of the molecule is Cn1cc(C(=O)O)c(=O)c2cc(S(=O)(=O)N3CCOCC3)ccc21. The lowest BCUT2D eigenvalue weighted by molar-refractivity contribution is 0.0695. The fraction of sp³-hybridized carbons (Fsp3) is 0.333. The standard InChI is InChI=1S/C15H16N2O6S/c1-16-9-12(15(19)20)14(18)11-8-10(2-3-13(11)16)24(21,22)17-4-6-23-7-5-17/h2-3,8-9H,4-7H2,1H3,(H,19,20). The highest BCUT2D eigenvalue weighted by atomic mass is 32.2. The van der Waals surface area contributed by atoms with Crippen molar-refractivity contribution >= 4 is 26.9 Å². The maximum atomic E-state index is 12.7. The zero-order valence-corrected chi connectivity index (χ0v) is 13.7. The molecule has 2 aromatic rings. The summed E-state index contributed by atoms with van der Waals surface area (Å²) in [7, 11) is -2.16. The first-order valence-corrected chi connectivity index (χ1v) is 8.71. The van der Waals surface area contributed by atoms with Crippen molar-refractivity contribution in [2.75, 3.05) is 26.3 Å². The Kier molecular flexibility index (Phi) is 4.16. The van der Waals surface area contributed by atoms with Gasteiger partial charge in [-0.25, -0.2) is 13.2 Å². The van der Waals surface area contributed by atoms with Crippen LogP contribution in [0.3, 0.4) is 0 Å². The Balaban J connectivity index is 2.19. The predicted octanol–water partition coefficient (Wildman–Crippen LogP) is 0.258. The maximum absolute atomic E-state index is 12.7. The quantitative estimate of drug-likeness (QED) is 0.849. The number of hydrogen-bond acceptors (Lipinski definition) is 5. The molecule has 24 heavy (non-hydrogen) atoms. The molecular weight excluding hydrogens is 336 g/mol. The first kappa shape index (κ1) is 16.6. The van der Waals surface area contributed by atoms with Gasteiger partial charge < -0.3 is 14.4 Å². The average Bonchev–Trinajstić information content (AvgIpc) is 2.58. The van der Waals surface area contributed by atoms with Crippen LogP contribution < -0.4 is 5.43 Å². The number of hydrogen-bond donors (Lipinski definition) is 1. The van der Waals surface area contributed by atoms with Gasteiger partial charge in [-0.3, -0.25) is 4.79 Å². The molecule has 9 heteroatoms. The number of ether oxygens (including phenoxy) is 1. The van der Waals surface area contributed by atoms with Crippen LogP contribution in [0.2, 0.25) is 0 Å². The van der Waals surface area contributed by atoms with Crippen LogP contribution in [-0.4, -0.2) is 54.7 Å². The van der Waals surface area contributed by atoms with Gasteiger partial charge in [0.2, 0.25) is 15.5 Å². The lowest BCUT2D eigenvalue weighted by atomic mass is 10.1. The number of carboxylic acids is 1. The molecule has 0 atom stereocenters. The molecule has 0 amide bonds. The summed E-state index contributed by atoms with van der Waals surface area (Å²) in [6.45, 7) is 1.12. The molecule has 1 aliphatic heterocycles. The van der Waals surface area contributed by atoms with Crippen molar-refractivity contribution in [2.24, 2.45) is 7.05 Å². The number of aryl methyl sites for hydroxylation is 1. The van der Waals surface area contributed by atoms with E-state index in [1.165, 1.54) is 33.3 Å². The molecule has 3 rings (SSSR count). The Bertz CT molecular complexity index is 973. The summed E-state index contributed by atoms with van der Waals surface area (Å²) >= 11 is 0. The Morgan fingerprint density at radius 3 is 2.54 bits per heavy atom. The highest BCUT2D eigenvalue weighted by Gasteiger charge is 2.27. The summed E-state index contributed by atoms with van der Waals surface area (Å²) in [5.41, 5.74) is -0.633. The first-order valence-electron chi connectivity index (χ1n) is 7.27. The molecule has 0 unspecified atom stereocenters. The van der Waals surface area contributed by atoms with Gasteiger partial charge in [0.25, 0.3) is 0 Å². The van der Waals surface area contributed by atoms with Crippen molar-refractivity contribution in [1.29, 1.82) is 0 Å². The van der Waals surface area contributed by atoms with Gasteiger partial charge in [-0.05, 0) is 18.2 Å². The maximum Gasteiger partial charge on any atom is 0.341 e. The number of carbonyl (C=O) groups is 1. The second-order valence-electron chi connectivity index (χ2n) is 5.48. The van der Waals surface area contributed by atoms with E-state index >= 15 is 0 Å². The summed E-state index contributed by atoms with van der Waals surface area (Å²) in [5, 5.41) is 9.19. The molecule has 0 aliphatic carbocycles. The number of carboxylic acid groups (broad SMARTS) is 1. The molecular formula is C15H16N2O6S. The van der Waals surface area contributed by atoms with E-state index in [1.54, 1.807) is 7.05 Å². The zero-order valence-electron chi connectivity index (χ0n) is 12.9. The van der Waals surface area contributed by atoms with E-state index in [0.717, 1.165) is 0 Å². The van der Waals surface area contributed by atoms with Crippen LogP contribution in [0.4, 0.5) is 0 Å². The third-order valence-corrected chi connectivity index (χ3v) is 5.89. The smallest absolute Gasteiger partial charge is 0.341 e. The number of nitrogens with zero attached hydrogens (tertiary/aromatic N) is 2. The molecule has 0 spiro atoms. The van der Waals surface area contributed by atoms with Crippen LogP contribution in [0.1, 0.15) is 10.4 Å². The number of sulfonamides is 1. The summed E-state index contributed by atoms with van der Waals surface area (Å²) in [4.78, 5) is 23.5. The van der Waals surface area contributed by atoms with E-state index in [0.29, 0.717) is 18.7 Å². The summed E-state index contributed by atoms with van der Waals surface area (Å²) in [6.07, 6.45) is 1.23. The lowest BCUT2D eigenvalue weighted by Crippen LogP contribution is -2.40. The highest BCUT2D eigenvalue weighted by Crippen LogP contribution is 2.21. The van der Waals surface area contributed by atoms with Crippen molar-refractivity contribution in [1.82, 2.24) is 8.87 Å². The molecule has 2 heterocycles. The lowest BCUT2D eigenvalue weighted by Gasteiger charge is -2.26. The third-order valence-electron chi connectivity index (χ3n) is 4.00. The van der Waals surface area contributed by atoms with Gasteiger partial charge in [-0.15, -0.1) is 0 Å². The number of benzene rings is 1. The van der Waals surface area contributed by atoms with E-state index in [4.69, 9.17) is 9.84 Å². The van der Waals surface area contributed by atoms with Crippen molar-refractivity contribution in [3.05, 3.63) is 40.2 Å². The Hall–Kier alpha value is -2.23. The van der Waals surface area contributed by atoms with Crippen LogP contribution in [0, 0.1) is 0 Å². The summed E-state index contributed by atoms with van der Waals surface area (Å²) in [6, 6.07) is 4.18. The molecule has 1 aromatic carbocycles. The molecule has 1 fully saturated rings. The average molecular weight is 352 g/mol. The highest BCUT2D eigenvalue weighted by molar-refractivity contribution is 7.89. The zero-order chi connectivity index (χ0) is 17.5. The van der Waals surface area contributed by atoms with E-state index in [1.807, 2.05) is 0 Å². The number of rotatable bonds is 3. The van der Waals surface area contributed by atoms with Crippen molar-refractivity contribution in [3.63, 3.8) is 0 Å². The Labute approximate surface area is 137 Å². The minimum Gasteiger partial charge on any atom is -0.477 e. The minimum absolute atomic E-state index is 0.0310. The molecule has 1 aromatic heterocycles. The second-order valence-corrected chi connectivity index (χ2v) is 7.42. The van der Waals surface area contributed by atoms with Gasteiger partial charge >= 0.3 is 5.97 Å². The minimum atomic E-state index is -3.76. The third kappa shape index (κ3) is 2.70. The van der Waals surface area contributed by atoms with Crippen LogP contribution in [-0.2, 0) is 21.8 Å². The van der Waals surface area contributed by atoms with Crippen LogP contribution in [0.25, 0.3) is 10.9 Å². The fourth-order valence-corrected chi connectivity index (χ4v) is 4.16. The largest absolute Gasteiger partial charge is 0.477 e. The monoisotopic (exact) mass is 352 g/mol. The van der Waals surface area contributed by atoms with Crippen LogP contribution >= 0.6 is 0 Å². The van der Waals surface area contributed by atoms with Gasteiger partial charge in [-0.2, -0.15) is 4.31 Å². The predicted molar refractivity (Wildman–Crippen MR) is 85.7 cm³/mol. The van der Waals surface area contributed by atoms with E-state index in [9.17, 15) is 18.0 Å². The Morgan fingerprint density at radius 1 is 1.25 bits per heavy atom. The van der Waals surface area contributed by atoms with Gasteiger partial charge in [0.05, 0.1) is 23.6 Å². The molecule has 0 bridgehead atoms. The molecule has 1 N–H and O–H groups in total. The van der Waals surface area contributed by atoms with Crippen molar-refractivity contribution in [2.45, 2.75) is 4.90 Å². The van der Waals surface area contributed by atoms with Gasteiger partial charge in [-0.1, -0.05) is 0 Å².